The molecule has 0 bridgehead atoms. The second-order valence-electron chi connectivity index (χ2n) is 4.09. The Labute approximate surface area is 110 Å². The third-order valence-corrected chi connectivity index (χ3v) is 3.63. The molecule has 0 aromatic heterocycles. The SMILES string of the molecule is CC(=O)SCC(C=O)Cc1ccc2c(c1)OCO2. The Kier molecular flexibility index (Phi) is 4.25. The standard InChI is InChI=1S/C13H14O4S/c1-9(15)18-7-11(6-14)4-10-2-3-12-13(5-10)17-8-16-12/h2-3,5-6,11H,4,7-8H2,1H3. The summed E-state index contributed by atoms with van der Waals surface area (Å²) in [6.45, 7) is 1.75. The molecule has 96 valence electrons. The Morgan fingerprint density at radius 2 is 2.22 bits per heavy atom. The number of ether oxygens (including phenoxy) is 2. The number of carbonyl (C=O) groups is 2. The van der Waals surface area contributed by atoms with E-state index in [2.05, 4.69) is 0 Å². The lowest BCUT2D eigenvalue weighted by Crippen LogP contribution is -2.10. The molecule has 1 unspecified atom stereocenters. The fraction of sp³-hybridized carbons (Fsp3) is 0.385. The first kappa shape index (κ1) is 13.0. The van der Waals surface area contributed by atoms with Crippen molar-refractivity contribution >= 4 is 23.2 Å². The van der Waals surface area contributed by atoms with E-state index in [1.165, 1.54) is 18.7 Å². The lowest BCUT2D eigenvalue weighted by Gasteiger charge is -2.09. The summed E-state index contributed by atoms with van der Waals surface area (Å²) in [6.07, 6.45) is 1.51. The molecule has 1 aromatic carbocycles. The number of carbonyl (C=O) groups excluding carboxylic acids is 2. The lowest BCUT2D eigenvalue weighted by atomic mass is 10.0. The highest BCUT2D eigenvalue weighted by atomic mass is 32.2. The van der Waals surface area contributed by atoms with Crippen LogP contribution in [0.2, 0.25) is 0 Å². The Morgan fingerprint density at radius 1 is 1.44 bits per heavy atom. The van der Waals surface area contributed by atoms with Crippen molar-refractivity contribution in [1.29, 1.82) is 0 Å². The molecule has 18 heavy (non-hydrogen) atoms. The highest BCUT2D eigenvalue weighted by Crippen LogP contribution is 2.33. The maximum atomic E-state index is 11.0. The molecule has 1 aromatic rings. The van der Waals surface area contributed by atoms with E-state index in [9.17, 15) is 9.59 Å². The summed E-state index contributed by atoms with van der Waals surface area (Å²) >= 11 is 1.18. The monoisotopic (exact) mass is 266 g/mol. The van der Waals surface area contributed by atoms with Gasteiger partial charge in [-0.1, -0.05) is 17.8 Å². The molecule has 1 aliphatic heterocycles. The van der Waals surface area contributed by atoms with Crippen LogP contribution < -0.4 is 9.47 Å². The molecule has 1 atom stereocenters. The van der Waals surface area contributed by atoms with Crippen LogP contribution >= 0.6 is 11.8 Å². The first-order chi connectivity index (χ1) is 8.69. The van der Waals surface area contributed by atoms with Gasteiger partial charge in [0.05, 0.1) is 0 Å². The van der Waals surface area contributed by atoms with Crippen LogP contribution in [0.1, 0.15) is 12.5 Å². The van der Waals surface area contributed by atoms with Crippen LogP contribution in [0.15, 0.2) is 18.2 Å². The number of hydrogen-bond donors (Lipinski definition) is 0. The first-order valence-corrected chi connectivity index (χ1v) is 6.65. The summed E-state index contributed by atoms with van der Waals surface area (Å²) in [4.78, 5) is 21.9. The molecule has 0 N–H and O–H groups in total. The predicted molar refractivity (Wildman–Crippen MR) is 69.0 cm³/mol. The quantitative estimate of drug-likeness (QED) is 0.763. The minimum Gasteiger partial charge on any atom is -0.454 e. The predicted octanol–water partition coefficient (Wildman–Crippen LogP) is 2.05. The van der Waals surface area contributed by atoms with E-state index < -0.39 is 0 Å². The van der Waals surface area contributed by atoms with Crippen molar-refractivity contribution < 1.29 is 19.1 Å². The number of rotatable bonds is 5. The summed E-state index contributed by atoms with van der Waals surface area (Å²) in [5.74, 6) is 1.82. The van der Waals surface area contributed by atoms with Crippen molar-refractivity contribution in [2.24, 2.45) is 5.92 Å². The molecule has 0 saturated carbocycles. The van der Waals surface area contributed by atoms with Crippen molar-refractivity contribution in [2.75, 3.05) is 12.5 Å². The van der Waals surface area contributed by atoms with E-state index >= 15 is 0 Å². The molecule has 0 spiro atoms. The van der Waals surface area contributed by atoms with Crippen molar-refractivity contribution in [2.45, 2.75) is 13.3 Å². The molecule has 0 amide bonds. The number of fused-ring (bicyclic) bond motifs is 1. The number of aldehydes is 1. The van der Waals surface area contributed by atoms with Crippen LogP contribution in [-0.4, -0.2) is 23.9 Å². The highest BCUT2D eigenvalue weighted by Gasteiger charge is 2.16. The Bertz CT molecular complexity index is 458. The second kappa shape index (κ2) is 5.91. The highest BCUT2D eigenvalue weighted by molar-refractivity contribution is 8.13. The fourth-order valence-corrected chi connectivity index (χ4v) is 2.39. The summed E-state index contributed by atoms with van der Waals surface area (Å²) < 4.78 is 10.5. The maximum Gasteiger partial charge on any atom is 0.231 e. The van der Waals surface area contributed by atoms with Gasteiger partial charge in [-0.3, -0.25) is 4.79 Å². The number of benzene rings is 1. The minimum atomic E-state index is -0.153. The van der Waals surface area contributed by atoms with Gasteiger partial charge in [0.25, 0.3) is 0 Å². The van der Waals surface area contributed by atoms with E-state index in [4.69, 9.17) is 9.47 Å². The number of hydrogen-bond acceptors (Lipinski definition) is 5. The van der Waals surface area contributed by atoms with E-state index in [1.807, 2.05) is 18.2 Å². The van der Waals surface area contributed by atoms with Gasteiger partial charge in [-0.15, -0.1) is 0 Å². The van der Waals surface area contributed by atoms with Crippen LogP contribution in [0.4, 0.5) is 0 Å². The van der Waals surface area contributed by atoms with Gasteiger partial charge >= 0.3 is 0 Å². The largest absolute Gasteiger partial charge is 0.454 e. The van der Waals surface area contributed by atoms with Gasteiger partial charge in [0.1, 0.15) is 6.29 Å². The zero-order valence-corrected chi connectivity index (χ0v) is 10.9. The van der Waals surface area contributed by atoms with Crippen molar-refractivity contribution in [1.82, 2.24) is 0 Å². The van der Waals surface area contributed by atoms with Crippen molar-refractivity contribution in [3.05, 3.63) is 23.8 Å². The third-order valence-electron chi connectivity index (χ3n) is 2.63. The molecule has 2 rings (SSSR count). The fourth-order valence-electron chi connectivity index (χ4n) is 1.74. The van der Waals surface area contributed by atoms with Gasteiger partial charge in [-0.25, -0.2) is 0 Å². The molecular formula is C13H14O4S. The molecular weight excluding hydrogens is 252 g/mol. The van der Waals surface area contributed by atoms with Gasteiger partial charge in [0.2, 0.25) is 6.79 Å². The summed E-state index contributed by atoms with van der Waals surface area (Å²) in [6, 6.07) is 5.65. The van der Waals surface area contributed by atoms with E-state index in [0.717, 1.165) is 23.3 Å². The molecule has 5 heteroatoms. The van der Waals surface area contributed by atoms with E-state index in [1.54, 1.807) is 0 Å². The van der Waals surface area contributed by atoms with Crippen LogP contribution in [0.5, 0.6) is 11.5 Å². The van der Waals surface area contributed by atoms with Gasteiger partial charge in [0.15, 0.2) is 16.6 Å². The molecule has 0 saturated heterocycles. The average Bonchev–Trinajstić information content (AvgIpc) is 2.81. The third kappa shape index (κ3) is 3.26. The van der Waals surface area contributed by atoms with E-state index in [-0.39, 0.29) is 17.8 Å². The first-order valence-electron chi connectivity index (χ1n) is 5.66. The molecule has 1 heterocycles. The van der Waals surface area contributed by atoms with Crippen molar-refractivity contribution in [3.8, 4) is 11.5 Å². The smallest absolute Gasteiger partial charge is 0.231 e. The molecule has 0 radical (unpaired) electrons. The van der Waals surface area contributed by atoms with Gasteiger partial charge in [-0.2, -0.15) is 0 Å². The maximum absolute atomic E-state index is 11.0. The van der Waals surface area contributed by atoms with E-state index in [0.29, 0.717) is 12.2 Å². The van der Waals surface area contributed by atoms with Gasteiger partial charge < -0.3 is 14.3 Å². The molecule has 0 aliphatic carbocycles. The lowest BCUT2D eigenvalue weighted by molar-refractivity contribution is -0.110. The van der Waals surface area contributed by atoms with Crippen LogP contribution in [0, 0.1) is 5.92 Å². The second-order valence-corrected chi connectivity index (χ2v) is 5.29. The summed E-state index contributed by atoms with van der Waals surface area (Å²) in [7, 11) is 0. The summed E-state index contributed by atoms with van der Waals surface area (Å²) in [5.41, 5.74) is 1.01. The normalized spacial score (nSPS) is 14.3. The Hall–Kier alpha value is -1.49. The number of thioether (sulfide) groups is 1. The Balaban J connectivity index is 1.98. The van der Waals surface area contributed by atoms with Gasteiger partial charge in [-0.05, 0) is 24.1 Å². The topological polar surface area (TPSA) is 52.6 Å². The molecule has 0 fully saturated rings. The van der Waals surface area contributed by atoms with Gasteiger partial charge in [0, 0.05) is 18.6 Å². The summed E-state index contributed by atoms with van der Waals surface area (Å²) in [5, 5.41) is 0.0348. The Morgan fingerprint density at radius 3 is 2.94 bits per heavy atom. The molecule has 4 nitrogen and oxygen atoms in total. The van der Waals surface area contributed by atoms with Crippen LogP contribution in [-0.2, 0) is 16.0 Å². The minimum absolute atomic E-state index is 0.0348. The zero-order chi connectivity index (χ0) is 13.0. The average molecular weight is 266 g/mol. The zero-order valence-electron chi connectivity index (χ0n) is 10.0. The van der Waals surface area contributed by atoms with Crippen LogP contribution in [0.25, 0.3) is 0 Å². The van der Waals surface area contributed by atoms with Crippen LogP contribution in [0.3, 0.4) is 0 Å². The van der Waals surface area contributed by atoms with Crippen molar-refractivity contribution in [3.63, 3.8) is 0 Å². The molecule has 1 aliphatic rings.